The predicted molar refractivity (Wildman–Crippen MR) is 414 cm³/mol. The smallest absolute Gasteiger partial charge is 0.320 e. The van der Waals surface area contributed by atoms with Crippen LogP contribution in [0, 0.1) is 31.6 Å². The Morgan fingerprint density at radius 1 is 0.548 bits per heavy atom. The molecule has 10 aliphatic heterocycles. The fraction of sp³-hybridized carbons (Fsp3) is 0.493. The lowest BCUT2D eigenvalue weighted by molar-refractivity contribution is -0.195. The lowest BCUT2D eigenvalue weighted by atomic mass is 9.87. The predicted octanol–water partition coefficient (Wildman–Crippen LogP) is -2.59. The number of aliphatic imine (C=N–C) groups is 3. The number of rotatable bonds is 17. The number of aliphatic hydroxyl groups excluding tert-OH is 11. The van der Waals surface area contributed by atoms with E-state index in [0.717, 1.165) is 55.8 Å². The van der Waals surface area contributed by atoms with Crippen LogP contribution < -0.4 is 33.8 Å². The topological polar surface area (TPSA) is 596 Å². The summed E-state index contributed by atoms with van der Waals surface area (Å²) in [6.07, 6.45) is 0.996. The number of pyridine rings is 1. The fourth-order valence-corrected chi connectivity index (χ4v) is 14.1. The van der Waals surface area contributed by atoms with Gasteiger partial charge < -0.3 is 148 Å². The second kappa shape index (κ2) is 36.6. The van der Waals surface area contributed by atoms with Gasteiger partial charge in [0.05, 0.1) is 57.3 Å². The molecule has 0 bridgehead atoms. The average molecular weight is 1830 g/mol. The van der Waals surface area contributed by atoms with Crippen LogP contribution in [0.4, 0.5) is 58.4 Å². The van der Waals surface area contributed by atoms with E-state index in [1.54, 1.807) is 5.92 Å². The number of fused-ring (bicyclic) bond motifs is 2. The number of nitrogens with one attached hydrogen (secondary N) is 2. The number of halogens is 13. The highest BCUT2D eigenvalue weighted by atomic mass is 35.5. The molecule has 0 aromatic carbocycles. The quantitative estimate of drug-likeness (QED) is 0.0223. The summed E-state index contributed by atoms with van der Waals surface area (Å²) in [4.78, 5) is 56.4. The molecule has 53 heteroatoms. The fourth-order valence-electron chi connectivity index (χ4n) is 13.8. The van der Waals surface area contributed by atoms with Crippen molar-refractivity contribution in [3.63, 3.8) is 0 Å². The molecule has 10 aliphatic rings. The Labute approximate surface area is 708 Å². The van der Waals surface area contributed by atoms with Gasteiger partial charge in [0.1, 0.15) is 102 Å². The number of nitrogen functional groups attached to an aromatic ring is 1. The Morgan fingerprint density at radius 2 is 0.968 bits per heavy atom. The lowest BCUT2D eigenvalue weighted by Gasteiger charge is -2.36. The van der Waals surface area contributed by atoms with Gasteiger partial charge in [0.25, 0.3) is 17.3 Å². The second-order valence-electron chi connectivity index (χ2n) is 29.4. The van der Waals surface area contributed by atoms with Crippen LogP contribution in [0.2, 0.25) is 0 Å². The van der Waals surface area contributed by atoms with E-state index in [0.29, 0.717) is 11.2 Å². The van der Waals surface area contributed by atoms with Crippen molar-refractivity contribution < 1.29 is 152 Å². The molecule has 126 heavy (non-hydrogen) atoms. The Hall–Kier alpha value is -10.7. The molecule has 21 atom stereocenters. The molecule has 6 saturated heterocycles. The molecule has 0 radical (unpaired) electrons. The van der Waals surface area contributed by atoms with Crippen LogP contribution in [0.3, 0.4) is 0 Å². The molecule has 0 aliphatic carbocycles. The third kappa shape index (κ3) is 17.0. The number of amidine groups is 3. The number of hydrogen-bond acceptors (Lipinski definition) is 36. The molecule has 0 unspecified atom stereocenters. The van der Waals surface area contributed by atoms with Crippen molar-refractivity contribution in [2.75, 3.05) is 71.3 Å². The van der Waals surface area contributed by atoms with Crippen LogP contribution in [0.5, 0.6) is 0 Å². The number of hydrogen-bond donors (Lipinski definition) is 19. The Bertz CT molecular complexity index is 5090. The summed E-state index contributed by atoms with van der Waals surface area (Å²) in [6, 6.07) is 1.54. The molecule has 1 amide bonds. The number of H-pyrrole nitrogens is 1. The van der Waals surface area contributed by atoms with Gasteiger partial charge in [0, 0.05) is 37.1 Å². The van der Waals surface area contributed by atoms with Gasteiger partial charge in [-0.15, -0.1) is 31.0 Å². The molecule has 0 spiro atoms. The number of aromatic amines is 1. The normalized spacial score (nSPS) is 36.2. The number of ether oxygens (including phenoxy) is 6. The van der Waals surface area contributed by atoms with E-state index in [1.165, 1.54) is 66.9 Å². The minimum Gasteiger partial charge on any atom is -0.397 e. The number of carbonyl (C=O) groups excluding carboxylic acids is 1. The number of nitrogens with two attached hydrogens (primary N) is 4. The van der Waals surface area contributed by atoms with E-state index >= 15 is 0 Å². The summed E-state index contributed by atoms with van der Waals surface area (Å²) in [6.45, 7) is 10.1. The maximum Gasteiger partial charge on any atom is 0.320 e. The molecule has 4 aromatic rings. The zero-order valence-electron chi connectivity index (χ0n) is 65.8. The number of anilines is 1. The molecule has 690 valence electrons. The van der Waals surface area contributed by atoms with E-state index in [2.05, 4.69) is 78.1 Å². The van der Waals surface area contributed by atoms with Crippen molar-refractivity contribution in [3.05, 3.63) is 152 Å². The first kappa shape index (κ1) is 99.1. The summed E-state index contributed by atoms with van der Waals surface area (Å²) in [5.41, 5.74) is 4.46. The van der Waals surface area contributed by atoms with E-state index in [4.69, 9.17) is 86.0 Å². The van der Waals surface area contributed by atoms with Crippen LogP contribution in [0.25, 0.3) is 22.3 Å². The first-order valence-corrected chi connectivity index (χ1v) is 36.9. The molecule has 4 aromatic heterocycles. The summed E-state index contributed by atoms with van der Waals surface area (Å²) in [5, 5.41) is 128. The van der Waals surface area contributed by atoms with Gasteiger partial charge in [-0.25, -0.2) is 61.3 Å². The van der Waals surface area contributed by atoms with Crippen LogP contribution >= 0.6 is 11.6 Å². The number of carbonyl (C=O) groups is 1. The average Bonchev–Trinajstić information content (AvgIpc) is 1.57. The van der Waals surface area contributed by atoms with Crippen molar-refractivity contribution in [1.82, 2.24) is 59.0 Å². The summed E-state index contributed by atoms with van der Waals surface area (Å²) in [5.74, 6) is -11.3. The van der Waals surface area contributed by atoms with Gasteiger partial charge >= 0.3 is 17.8 Å². The standard InChI is InChI=1S/C13H12F2N4O4.C13H16F2N4O3.C13H15FN2O5.C12H15F2N3O3.C11H14ClF2N3O3.C11H14F3N3O3/c1-3-12(22)10(14)13(15,4-20)23-11(12)19-5-16-7-8(19)17-6(2)18-9(7)21;1-12(15)10(21)13(4-14,5-20)22-11(12)19-6-18-8-7(16)2-3-17-9(8)19;1-3-13(20)10(19)12(6-14,7-17)21-11(13)16-5-4-9(18)15-8(16)2;1-3-11(6-18)9(19)12(13,14)10(20-11)17-5-4-8(15)16-7(17)2;2*1-6-16-7(15)2-3-17(6)9-11(13,14)8(19)10(4-12,5-18)20-9/h1,5,10-11,20,22H,4H2,2H3,(H,17,18,21);2-3,6,10-11,20-21H,4-5H2,1H3,(H2,16,17);1,4-5,10-11,17,19-20H,2,6-7H2,(H,15,18);3-5,9-10,18-19H,1-2,6H2,(H2,15,16);2*2-3,8-9,18-19H,1,4-5H2,(H2,15,16)/t2*10-,11+,12+,13+;10-,11-,12-,13-;9-,10-,11-;2*8-,9-,10-/m001111/s1. The van der Waals surface area contributed by atoms with Gasteiger partial charge in [-0.2, -0.15) is 26.3 Å². The lowest BCUT2D eigenvalue weighted by Crippen LogP contribution is -2.56. The monoisotopic (exact) mass is 1830 g/mol. The van der Waals surface area contributed by atoms with E-state index in [9.17, 15) is 118 Å². The van der Waals surface area contributed by atoms with E-state index in [1.807, 2.05) is 5.92 Å². The zero-order valence-corrected chi connectivity index (χ0v) is 66.6. The maximum absolute atomic E-state index is 15.0. The zero-order chi connectivity index (χ0) is 94.3. The highest BCUT2D eigenvalue weighted by Crippen LogP contribution is 2.52. The number of alkyl halides is 13. The third-order valence-electron chi connectivity index (χ3n) is 21.2. The van der Waals surface area contributed by atoms with Gasteiger partial charge in [-0.05, 0) is 38.1 Å². The number of aryl methyl sites for hydroxylation is 1. The maximum atomic E-state index is 15.0. The summed E-state index contributed by atoms with van der Waals surface area (Å²) >= 11 is 5.57. The largest absolute Gasteiger partial charge is 0.397 e. The molecular formula is C73H86ClF12N19O21. The van der Waals surface area contributed by atoms with Crippen molar-refractivity contribution in [2.24, 2.45) is 32.2 Å². The second-order valence-corrected chi connectivity index (χ2v) is 29.7. The molecular weight excluding hydrogens is 1740 g/mol. The first-order valence-electron chi connectivity index (χ1n) is 36.3. The van der Waals surface area contributed by atoms with Gasteiger partial charge in [-0.3, -0.25) is 18.7 Å². The minimum atomic E-state index is -3.83. The highest BCUT2D eigenvalue weighted by molar-refractivity contribution is 6.18. The number of imidazole rings is 2. The SMILES string of the molecule is C#C[C@@]1(O)[C@H](O)[C@](CO)(CF)O[C@H]1N1C=CC(=O)NC1=C.C#C[C@]1(O)[C@H](n2cnc3c(=O)[nH]c(C)nc32)O[C@](F)(CO)[C@H]1F.C=C1N=C(N)C=CN1[C@@H]1O[C@@](CO)(CCl)[C@@H](O)C1(F)F.C=C1N=C(N)C=CN1[C@@H]1O[C@@](CO)(CF)[C@@H](O)C1(F)F.C=C[C@]1(CO)O[C@@H](N2C=CC(N)=NC2=C)C(F)(F)[C@@H]1O.C[C@@]1(F)[C@H](O)[C@](CO)(CF)O[C@H]1n1cnc2c(N)ccnc21. The van der Waals surface area contributed by atoms with Gasteiger partial charge in [-0.1, -0.05) is 44.2 Å². The van der Waals surface area contributed by atoms with Crippen LogP contribution in [-0.4, -0.2) is 339 Å². The van der Waals surface area contributed by atoms with Crippen LogP contribution in [0.1, 0.15) is 25.2 Å². The Balaban J connectivity index is 0.000000171. The van der Waals surface area contributed by atoms with Crippen LogP contribution in [-0.2, 0) is 33.2 Å². The van der Waals surface area contributed by atoms with Crippen molar-refractivity contribution in [2.45, 2.75) is 156 Å². The molecule has 6 fully saturated rings. The first-order chi connectivity index (χ1) is 58.8. The van der Waals surface area contributed by atoms with E-state index < -0.39 is 220 Å². The summed E-state index contributed by atoms with van der Waals surface area (Å²) in [7, 11) is 0. The number of nitrogens with zero attached hydrogens (tertiary/aromatic N) is 13. The van der Waals surface area contributed by atoms with Gasteiger partial charge in [0.15, 0.2) is 81.9 Å². The van der Waals surface area contributed by atoms with Crippen molar-refractivity contribution >= 4 is 63.0 Å². The Kier molecular flexibility index (Phi) is 28.8. The highest BCUT2D eigenvalue weighted by Gasteiger charge is 2.72. The Morgan fingerprint density at radius 3 is 1.37 bits per heavy atom. The van der Waals surface area contributed by atoms with Crippen molar-refractivity contribution in [3.8, 4) is 24.7 Å². The number of terminal acetylenes is 2. The minimum absolute atomic E-state index is 0.0287. The molecule has 40 nitrogen and oxygen atoms in total. The molecule has 14 heterocycles. The van der Waals surface area contributed by atoms with Crippen molar-refractivity contribution in [1.29, 1.82) is 0 Å². The molecule has 23 N–H and O–H groups in total. The summed E-state index contributed by atoms with van der Waals surface area (Å²) < 4.78 is 201. The molecule has 14 rings (SSSR count). The van der Waals surface area contributed by atoms with E-state index in [-0.39, 0.29) is 63.4 Å². The van der Waals surface area contributed by atoms with Crippen LogP contribution in [0.15, 0.2) is 156 Å². The molecule has 0 saturated carbocycles. The number of aromatic nitrogens is 7. The van der Waals surface area contributed by atoms with Gasteiger partial charge in [0.2, 0.25) is 30.5 Å². The number of aliphatic hydroxyl groups is 13. The number of amides is 1. The third-order valence-corrected chi connectivity index (χ3v) is 21.6.